The number of rotatable bonds is 12. The Labute approximate surface area is 151 Å². The second-order valence-electron chi connectivity index (χ2n) is 6.63. The van der Waals surface area contributed by atoms with Crippen molar-refractivity contribution in [2.24, 2.45) is 5.92 Å². The van der Waals surface area contributed by atoms with E-state index in [2.05, 4.69) is 26.0 Å². The Morgan fingerprint density at radius 2 is 1.29 bits per heavy atom. The summed E-state index contributed by atoms with van der Waals surface area (Å²) in [7, 11) is 4.95. The van der Waals surface area contributed by atoms with Crippen LogP contribution in [0.4, 0.5) is 0 Å². The topological polar surface area (TPSA) is 27.7 Å². The fourth-order valence-corrected chi connectivity index (χ4v) is 3.31. The third-order valence-electron chi connectivity index (χ3n) is 4.91. The number of ether oxygens (including phenoxy) is 3. The summed E-state index contributed by atoms with van der Waals surface area (Å²) in [6.45, 7) is 4.41. The summed E-state index contributed by atoms with van der Waals surface area (Å²) >= 11 is 0. The molecule has 1 aliphatic carbocycles. The predicted molar refractivity (Wildman–Crippen MR) is 103 cm³/mol. The summed E-state index contributed by atoms with van der Waals surface area (Å²) in [5.74, 6) is -0.568. The van der Waals surface area contributed by atoms with Gasteiger partial charge in [-0.25, -0.2) is 0 Å². The maximum Gasteiger partial charge on any atom is 0.285 e. The van der Waals surface area contributed by atoms with Crippen LogP contribution < -0.4 is 0 Å². The summed E-state index contributed by atoms with van der Waals surface area (Å²) in [6.07, 6.45) is 20.0. The van der Waals surface area contributed by atoms with Crippen molar-refractivity contribution in [1.82, 2.24) is 0 Å². The van der Waals surface area contributed by atoms with E-state index in [0.29, 0.717) is 5.92 Å². The Morgan fingerprint density at radius 1 is 0.792 bits per heavy atom. The maximum absolute atomic E-state index is 5.44. The molecule has 0 amide bonds. The van der Waals surface area contributed by atoms with Crippen LogP contribution in [0.5, 0.6) is 0 Å². The molecule has 0 bridgehead atoms. The van der Waals surface area contributed by atoms with E-state index in [1.807, 2.05) is 0 Å². The van der Waals surface area contributed by atoms with Gasteiger partial charge in [0.2, 0.25) is 0 Å². The van der Waals surface area contributed by atoms with Crippen molar-refractivity contribution >= 4 is 0 Å². The van der Waals surface area contributed by atoms with Gasteiger partial charge in [0.1, 0.15) is 0 Å². The van der Waals surface area contributed by atoms with Crippen LogP contribution in [0.1, 0.15) is 90.9 Å². The third-order valence-corrected chi connectivity index (χ3v) is 4.91. The fraction of sp³-hybridized carbons (Fsp3) is 0.905. The molecule has 1 rings (SSSR count). The Kier molecular flexibility index (Phi) is 15.9. The molecule has 144 valence electrons. The zero-order valence-electron chi connectivity index (χ0n) is 16.9. The van der Waals surface area contributed by atoms with E-state index in [4.69, 9.17) is 14.2 Å². The molecule has 3 nitrogen and oxygen atoms in total. The van der Waals surface area contributed by atoms with Crippen LogP contribution in [0.15, 0.2) is 12.2 Å². The largest absolute Gasteiger partial charge is 0.331 e. The molecule has 0 aromatic heterocycles. The highest BCUT2D eigenvalue weighted by Gasteiger charge is 2.38. The summed E-state index contributed by atoms with van der Waals surface area (Å²) in [5, 5.41) is 0. The molecular weight excluding hydrogens is 300 g/mol. The molecule has 0 N–H and O–H groups in total. The Bertz CT molecular complexity index is 269. The zero-order chi connectivity index (χ0) is 18.1. The van der Waals surface area contributed by atoms with Gasteiger partial charge in [-0.15, -0.1) is 0 Å². The molecule has 0 heterocycles. The minimum Gasteiger partial charge on any atom is -0.331 e. The molecular formula is C21H42O3. The van der Waals surface area contributed by atoms with Gasteiger partial charge < -0.3 is 14.2 Å². The minimum absolute atomic E-state index is 0.295. The van der Waals surface area contributed by atoms with Gasteiger partial charge in [0.15, 0.2) is 0 Å². The lowest BCUT2D eigenvalue weighted by Gasteiger charge is -2.36. The molecule has 3 heteroatoms. The molecule has 0 saturated heterocycles. The molecule has 1 unspecified atom stereocenters. The predicted octanol–water partition coefficient (Wildman–Crippen LogP) is 6.47. The number of methoxy groups -OCH3 is 3. The van der Waals surface area contributed by atoms with Crippen molar-refractivity contribution in [2.75, 3.05) is 21.3 Å². The Hall–Kier alpha value is -0.380. The molecule has 0 radical (unpaired) electrons. The van der Waals surface area contributed by atoms with Crippen LogP contribution in [0.2, 0.25) is 0 Å². The monoisotopic (exact) mass is 342 g/mol. The van der Waals surface area contributed by atoms with Crippen LogP contribution in [-0.2, 0) is 14.2 Å². The van der Waals surface area contributed by atoms with E-state index in [0.717, 1.165) is 12.8 Å². The normalized spacial score (nSPS) is 15.7. The SMILES string of the molecule is C1=CCCCC1.CCCCCCCCC(CC)C(OC)(OC)OC. The lowest BCUT2D eigenvalue weighted by Crippen LogP contribution is -2.43. The third kappa shape index (κ3) is 9.80. The molecule has 0 spiro atoms. The van der Waals surface area contributed by atoms with Crippen molar-refractivity contribution in [1.29, 1.82) is 0 Å². The van der Waals surface area contributed by atoms with Crippen molar-refractivity contribution in [3.8, 4) is 0 Å². The lowest BCUT2D eigenvalue weighted by atomic mass is 9.95. The average Bonchev–Trinajstić information content (AvgIpc) is 2.66. The highest BCUT2D eigenvalue weighted by molar-refractivity contribution is 4.85. The maximum atomic E-state index is 5.44. The molecule has 1 atom stereocenters. The van der Waals surface area contributed by atoms with Crippen LogP contribution >= 0.6 is 0 Å². The highest BCUT2D eigenvalue weighted by atomic mass is 16.9. The van der Waals surface area contributed by atoms with Gasteiger partial charge in [0.25, 0.3) is 5.97 Å². The van der Waals surface area contributed by atoms with Gasteiger partial charge in [-0.3, -0.25) is 0 Å². The number of unbranched alkanes of at least 4 members (excludes halogenated alkanes) is 5. The van der Waals surface area contributed by atoms with Gasteiger partial charge in [-0.2, -0.15) is 0 Å². The molecule has 0 aromatic carbocycles. The highest BCUT2D eigenvalue weighted by Crippen LogP contribution is 2.31. The first kappa shape index (κ1) is 23.6. The Morgan fingerprint density at radius 3 is 1.67 bits per heavy atom. The average molecular weight is 343 g/mol. The van der Waals surface area contributed by atoms with E-state index >= 15 is 0 Å². The van der Waals surface area contributed by atoms with Gasteiger partial charge in [0, 0.05) is 27.2 Å². The molecule has 1 aliphatic rings. The second kappa shape index (κ2) is 16.1. The van der Waals surface area contributed by atoms with Crippen molar-refractivity contribution in [3.05, 3.63) is 12.2 Å². The summed E-state index contributed by atoms with van der Waals surface area (Å²) in [6, 6.07) is 0. The smallest absolute Gasteiger partial charge is 0.285 e. The minimum atomic E-state index is -0.863. The van der Waals surface area contributed by atoms with Crippen molar-refractivity contribution < 1.29 is 14.2 Å². The van der Waals surface area contributed by atoms with Crippen LogP contribution in [0.25, 0.3) is 0 Å². The molecule has 0 aliphatic heterocycles. The first-order valence-corrected chi connectivity index (χ1v) is 10.0. The van der Waals surface area contributed by atoms with Gasteiger partial charge in [-0.1, -0.05) is 64.5 Å². The van der Waals surface area contributed by atoms with E-state index in [-0.39, 0.29) is 0 Å². The molecule has 0 saturated carbocycles. The van der Waals surface area contributed by atoms with Gasteiger partial charge >= 0.3 is 0 Å². The van der Waals surface area contributed by atoms with E-state index in [1.165, 1.54) is 64.2 Å². The number of hydrogen-bond acceptors (Lipinski definition) is 3. The van der Waals surface area contributed by atoms with E-state index in [1.54, 1.807) is 21.3 Å². The summed E-state index contributed by atoms with van der Waals surface area (Å²) in [5.41, 5.74) is 0. The molecule has 0 fully saturated rings. The van der Waals surface area contributed by atoms with Crippen molar-refractivity contribution in [3.63, 3.8) is 0 Å². The van der Waals surface area contributed by atoms with Crippen LogP contribution in [-0.4, -0.2) is 27.3 Å². The first-order valence-electron chi connectivity index (χ1n) is 10.0. The quantitative estimate of drug-likeness (QED) is 0.231. The van der Waals surface area contributed by atoms with E-state index in [9.17, 15) is 0 Å². The van der Waals surface area contributed by atoms with Crippen LogP contribution in [0.3, 0.4) is 0 Å². The number of allylic oxidation sites excluding steroid dienone is 2. The first-order chi connectivity index (χ1) is 11.7. The lowest BCUT2D eigenvalue weighted by molar-refractivity contribution is -0.380. The molecule has 0 aromatic rings. The van der Waals surface area contributed by atoms with Gasteiger partial charge in [-0.05, 0) is 38.5 Å². The fourth-order valence-electron chi connectivity index (χ4n) is 3.31. The molecule has 24 heavy (non-hydrogen) atoms. The standard InChI is InChI=1S/C15H32O3.C6H10/c1-6-8-9-10-11-12-13-14(7-2)15(16-3,17-4)18-5;1-2-4-6-5-3-1/h14H,6-13H2,1-5H3;1-2H,3-6H2. The van der Waals surface area contributed by atoms with Gasteiger partial charge in [0.05, 0.1) is 0 Å². The summed E-state index contributed by atoms with van der Waals surface area (Å²) in [4.78, 5) is 0. The Balaban J connectivity index is 0.000000728. The zero-order valence-corrected chi connectivity index (χ0v) is 16.9. The van der Waals surface area contributed by atoms with Crippen LogP contribution in [0, 0.1) is 5.92 Å². The summed E-state index contributed by atoms with van der Waals surface area (Å²) < 4.78 is 16.3. The number of hydrogen-bond donors (Lipinski definition) is 0. The van der Waals surface area contributed by atoms with Crippen molar-refractivity contribution in [2.45, 2.75) is 96.9 Å². The second-order valence-corrected chi connectivity index (χ2v) is 6.63. The van der Waals surface area contributed by atoms with E-state index < -0.39 is 5.97 Å².